The lowest BCUT2D eigenvalue weighted by Crippen LogP contribution is -2.05. The number of halogens is 2. The van der Waals surface area contributed by atoms with Gasteiger partial charge < -0.3 is 10.3 Å². The molecule has 5 heteroatoms. The number of anilines is 1. The van der Waals surface area contributed by atoms with Gasteiger partial charge >= 0.3 is 0 Å². The highest BCUT2D eigenvalue weighted by Gasteiger charge is 2.15. The minimum absolute atomic E-state index is 0.325. The predicted octanol–water partition coefficient (Wildman–Crippen LogP) is 3.67. The van der Waals surface area contributed by atoms with Crippen LogP contribution in [0.2, 0.25) is 5.02 Å². The van der Waals surface area contributed by atoms with Crippen molar-refractivity contribution in [1.29, 1.82) is 0 Å². The van der Waals surface area contributed by atoms with Crippen molar-refractivity contribution in [2.45, 2.75) is 19.9 Å². The summed E-state index contributed by atoms with van der Waals surface area (Å²) in [6.07, 6.45) is 2.49. The SMILES string of the molecule is C=CCn1c(CC)nc(-c2cc(F)cc(Cl)c2)c1N. The first-order valence-corrected chi connectivity index (χ1v) is 6.36. The molecule has 0 unspecified atom stereocenters. The summed E-state index contributed by atoms with van der Waals surface area (Å²) in [4.78, 5) is 4.46. The van der Waals surface area contributed by atoms with Crippen molar-refractivity contribution in [3.05, 3.63) is 47.5 Å². The fourth-order valence-electron chi connectivity index (χ4n) is 2.02. The van der Waals surface area contributed by atoms with Crippen LogP contribution in [-0.4, -0.2) is 9.55 Å². The molecular formula is C14H15ClFN3. The van der Waals surface area contributed by atoms with E-state index >= 15 is 0 Å². The molecule has 1 aromatic heterocycles. The van der Waals surface area contributed by atoms with Gasteiger partial charge in [-0.25, -0.2) is 9.37 Å². The van der Waals surface area contributed by atoms with Gasteiger partial charge in [-0.2, -0.15) is 0 Å². The number of imidazole rings is 1. The van der Waals surface area contributed by atoms with Crippen LogP contribution in [0.1, 0.15) is 12.7 Å². The monoisotopic (exact) mass is 279 g/mol. The summed E-state index contributed by atoms with van der Waals surface area (Å²) in [7, 11) is 0. The second-order valence-electron chi connectivity index (χ2n) is 4.17. The Kier molecular flexibility index (Phi) is 3.90. The van der Waals surface area contributed by atoms with E-state index in [1.165, 1.54) is 12.1 Å². The van der Waals surface area contributed by atoms with E-state index in [1.54, 1.807) is 12.1 Å². The average molecular weight is 280 g/mol. The van der Waals surface area contributed by atoms with E-state index in [1.807, 2.05) is 11.5 Å². The maximum atomic E-state index is 13.4. The van der Waals surface area contributed by atoms with Gasteiger partial charge in [0, 0.05) is 23.6 Å². The van der Waals surface area contributed by atoms with E-state index in [-0.39, 0.29) is 0 Å². The lowest BCUT2D eigenvalue weighted by atomic mass is 10.1. The molecule has 0 aliphatic carbocycles. The summed E-state index contributed by atoms with van der Waals surface area (Å²) in [5.41, 5.74) is 7.22. The number of nitrogen functional groups attached to an aromatic ring is 1. The fourth-order valence-corrected chi connectivity index (χ4v) is 2.24. The number of rotatable bonds is 4. The van der Waals surface area contributed by atoms with Crippen LogP contribution < -0.4 is 5.73 Å². The molecule has 0 atom stereocenters. The van der Waals surface area contributed by atoms with Crippen molar-refractivity contribution in [3.63, 3.8) is 0 Å². The van der Waals surface area contributed by atoms with Gasteiger partial charge in [-0.05, 0) is 18.2 Å². The Morgan fingerprint density at radius 1 is 1.47 bits per heavy atom. The molecule has 0 saturated carbocycles. The molecule has 0 aliphatic rings. The first kappa shape index (κ1) is 13.6. The summed E-state index contributed by atoms with van der Waals surface area (Å²) < 4.78 is 15.3. The maximum absolute atomic E-state index is 13.4. The summed E-state index contributed by atoms with van der Waals surface area (Å²) >= 11 is 5.86. The molecule has 1 heterocycles. The Morgan fingerprint density at radius 2 is 2.21 bits per heavy atom. The molecular weight excluding hydrogens is 265 g/mol. The molecule has 2 aromatic rings. The van der Waals surface area contributed by atoms with Crippen molar-refractivity contribution in [2.75, 3.05) is 5.73 Å². The van der Waals surface area contributed by atoms with Gasteiger partial charge in [0.25, 0.3) is 0 Å². The number of allylic oxidation sites excluding steroid dienone is 1. The molecule has 100 valence electrons. The highest BCUT2D eigenvalue weighted by Crippen LogP contribution is 2.29. The zero-order valence-corrected chi connectivity index (χ0v) is 11.4. The minimum Gasteiger partial charge on any atom is -0.383 e. The molecule has 1 aromatic carbocycles. The third-order valence-electron chi connectivity index (χ3n) is 2.85. The maximum Gasteiger partial charge on any atom is 0.132 e. The molecule has 0 aliphatic heterocycles. The van der Waals surface area contributed by atoms with E-state index in [2.05, 4.69) is 11.6 Å². The third-order valence-corrected chi connectivity index (χ3v) is 3.07. The first-order chi connectivity index (χ1) is 9.06. The highest BCUT2D eigenvalue weighted by molar-refractivity contribution is 6.30. The lowest BCUT2D eigenvalue weighted by molar-refractivity contribution is 0.628. The van der Waals surface area contributed by atoms with Crippen LogP contribution in [0.15, 0.2) is 30.9 Å². The summed E-state index contributed by atoms with van der Waals surface area (Å²) in [5, 5.41) is 0.325. The van der Waals surface area contributed by atoms with Gasteiger partial charge in [0.05, 0.1) is 0 Å². The molecule has 0 saturated heterocycles. The summed E-state index contributed by atoms with van der Waals surface area (Å²) in [6, 6.07) is 4.28. The number of hydrogen-bond donors (Lipinski definition) is 1. The number of nitrogens with two attached hydrogens (primary N) is 1. The number of nitrogens with zero attached hydrogens (tertiary/aromatic N) is 2. The lowest BCUT2D eigenvalue weighted by Gasteiger charge is -2.05. The van der Waals surface area contributed by atoms with Crippen LogP contribution in [-0.2, 0) is 13.0 Å². The van der Waals surface area contributed by atoms with Crippen LogP contribution in [0.4, 0.5) is 10.2 Å². The second-order valence-corrected chi connectivity index (χ2v) is 4.61. The molecule has 2 rings (SSSR count). The zero-order chi connectivity index (χ0) is 14.0. The molecule has 0 bridgehead atoms. The number of aromatic nitrogens is 2. The van der Waals surface area contributed by atoms with Gasteiger partial charge in [-0.15, -0.1) is 6.58 Å². The Balaban J connectivity index is 2.58. The zero-order valence-electron chi connectivity index (χ0n) is 10.7. The van der Waals surface area contributed by atoms with E-state index in [0.717, 1.165) is 12.2 Å². The van der Waals surface area contributed by atoms with Crippen LogP contribution in [0.25, 0.3) is 11.3 Å². The van der Waals surface area contributed by atoms with E-state index in [4.69, 9.17) is 17.3 Å². The second kappa shape index (κ2) is 5.45. The highest BCUT2D eigenvalue weighted by atomic mass is 35.5. The largest absolute Gasteiger partial charge is 0.383 e. The van der Waals surface area contributed by atoms with E-state index < -0.39 is 5.82 Å². The summed E-state index contributed by atoms with van der Waals surface area (Å²) in [6.45, 7) is 6.26. The fraction of sp³-hybridized carbons (Fsp3) is 0.214. The molecule has 2 N–H and O–H groups in total. The number of benzene rings is 1. The van der Waals surface area contributed by atoms with Crippen molar-refractivity contribution in [2.24, 2.45) is 0 Å². The Bertz CT molecular complexity index is 599. The van der Waals surface area contributed by atoms with Gasteiger partial charge in [0.15, 0.2) is 0 Å². The van der Waals surface area contributed by atoms with Crippen LogP contribution in [0, 0.1) is 5.82 Å². The van der Waals surface area contributed by atoms with Crippen LogP contribution >= 0.6 is 11.6 Å². The normalized spacial score (nSPS) is 10.7. The minimum atomic E-state index is -0.404. The molecule has 3 nitrogen and oxygen atoms in total. The van der Waals surface area contributed by atoms with Crippen molar-refractivity contribution >= 4 is 17.4 Å². The molecule has 0 radical (unpaired) electrons. The van der Waals surface area contributed by atoms with E-state index in [0.29, 0.717) is 28.6 Å². The van der Waals surface area contributed by atoms with Crippen LogP contribution in [0.3, 0.4) is 0 Å². The topological polar surface area (TPSA) is 43.8 Å². The molecule has 0 amide bonds. The first-order valence-electron chi connectivity index (χ1n) is 5.99. The Hall–Kier alpha value is -1.81. The number of hydrogen-bond acceptors (Lipinski definition) is 2. The predicted molar refractivity (Wildman–Crippen MR) is 76.6 cm³/mol. The van der Waals surface area contributed by atoms with Crippen molar-refractivity contribution in [1.82, 2.24) is 9.55 Å². The molecule has 0 spiro atoms. The van der Waals surface area contributed by atoms with Gasteiger partial charge in [-0.1, -0.05) is 24.6 Å². The van der Waals surface area contributed by atoms with Crippen molar-refractivity contribution in [3.8, 4) is 11.3 Å². The number of aryl methyl sites for hydroxylation is 1. The smallest absolute Gasteiger partial charge is 0.132 e. The summed E-state index contributed by atoms with van der Waals surface area (Å²) in [5.74, 6) is 0.935. The van der Waals surface area contributed by atoms with Gasteiger partial charge in [-0.3, -0.25) is 0 Å². The Morgan fingerprint density at radius 3 is 2.79 bits per heavy atom. The van der Waals surface area contributed by atoms with Gasteiger partial charge in [0.2, 0.25) is 0 Å². The van der Waals surface area contributed by atoms with Crippen LogP contribution in [0.5, 0.6) is 0 Å². The molecule has 19 heavy (non-hydrogen) atoms. The van der Waals surface area contributed by atoms with Crippen molar-refractivity contribution < 1.29 is 4.39 Å². The van der Waals surface area contributed by atoms with Gasteiger partial charge in [0.1, 0.15) is 23.2 Å². The average Bonchev–Trinajstić information content (AvgIpc) is 2.66. The Labute approximate surface area is 116 Å². The third kappa shape index (κ3) is 2.63. The quantitative estimate of drug-likeness (QED) is 0.868. The van der Waals surface area contributed by atoms with E-state index in [9.17, 15) is 4.39 Å². The molecule has 0 fully saturated rings. The standard InChI is InChI=1S/C14H15ClFN3/c1-3-5-19-12(4-2)18-13(14(19)17)9-6-10(15)8-11(16)7-9/h3,6-8H,1,4-5,17H2,2H3.